The van der Waals surface area contributed by atoms with Gasteiger partial charge in [-0.1, -0.05) is 18.2 Å². The molecule has 1 aromatic carbocycles. The third-order valence-corrected chi connectivity index (χ3v) is 7.13. The number of anilines is 1. The van der Waals surface area contributed by atoms with Crippen molar-refractivity contribution in [1.82, 2.24) is 9.97 Å². The van der Waals surface area contributed by atoms with Crippen LogP contribution in [0.15, 0.2) is 30.3 Å². The Kier molecular flexibility index (Phi) is 5.28. The molecule has 1 aliphatic rings. The second-order valence-electron chi connectivity index (χ2n) is 6.62. The maximum Gasteiger partial charge on any atom is 0.224 e. The molecule has 28 heavy (non-hydrogen) atoms. The van der Waals surface area contributed by atoms with Crippen LogP contribution in [0.25, 0.3) is 20.7 Å². The molecule has 0 aliphatic carbocycles. The Bertz CT molecular complexity index is 1130. The zero-order chi connectivity index (χ0) is 19.9. The summed E-state index contributed by atoms with van der Waals surface area (Å²) in [6.45, 7) is 2.78. The van der Waals surface area contributed by atoms with Gasteiger partial charge < -0.3 is 15.4 Å². The first-order valence-electron chi connectivity index (χ1n) is 8.67. The van der Waals surface area contributed by atoms with Crippen molar-refractivity contribution in [3.63, 3.8) is 0 Å². The number of nitrogens with two attached hydrogens (primary N) is 1. The minimum Gasteiger partial charge on any atom is -0.378 e. The highest BCUT2D eigenvalue weighted by Crippen LogP contribution is 2.38. The van der Waals surface area contributed by atoms with Gasteiger partial charge in [0.25, 0.3) is 0 Å². The predicted molar refractivity (Wildman–Crippen MR) is 113 cm³/mol. The Morgan fingerprint density at radius 3 is 2.71 bits per heavy atom. The Morgan fingerprint density at radius 1 is 1.25 bits per heavy atom. The van der Waals surface area contributed by atoms with Gasteiger partial charge in [0.15, 0.2) is 15.7 Å². The molecule has 1 saturated heterocycles. The van der Waals surface area contributed by atoms with Gasteiger partial charge in [-0.15, -0.1) is 11.3 Å². The molecule has 1 unspecified atom stereocenters. The van der Waals surface area contributed by atoms with E-state index in [1.165, 1.54) is 0 Å². The molecule has 7 nitrogen and oxygen atoms in total. The molecule has 1 fully saturated rings. The molecule has 3 heterocycles. The molecule has 0 spiro atoms. The first-order chi connectivity index (χ1) is 13.3. The lowest BCUT2D eigenvalue weighted by Crippen LogP contribution is -2.36. The number of rotatable bonds is 4. The van der Waals surface area contributed by atoms with Crippen molar-refractivity contribution in [3.05, 3.63) is 41.2 Å². The minimum atomic E-state index is -3.38. The van der Waals surface area contributed by atoms with Crippen molar-refractivity contribution in [2.24, 2.45) is 5.73 Å². The van der Waals surface area contributed by atoms with E-state index in [1.807, 2.05) is 18.2 Å². The van der Waals surface area contributed by atoms with Gasteiger partial charge in [0.1, 0.15) is 5.37 Å². The normalized spacial score (nSPS) is 16.5. The molecular formula is C18H19ClN4O3S2. The molecule has 148 valence electrons. The quantitative estimate of drug-likeness (QED) is 0.625. The van der Waals surface area contributed by atoms with Gasteiger partial charge in [-0.2, -0.15) is 4.98 Å². The van der Waals surface area contributed by atoms with Crippen molar-refractivity contribution < 1.29 is 13.2 Å². The Labute approximate surface area is 172 Å². The average Bonchev–Trinajstić information content (AvgIpc) is 3.10. The first-order valence-corrected chi connectivity index (χ1v) is 11.8. The van der Waals surface area contributed by atoms with Gasteiger partial charge >= 0.3 is 0 Å². The Balaban J connectivity index is 1.78. The van der Waals surface area contributed by atoms with Crippen LogP contribution in [-0.2, 0) is 14.6 Å². The van der Waals surface area contributed by atoms with Crippen LogP contribution in [0.1, 0.15) is 10.9 Å². The summed E-state index contributed by atoms with van der Waals surface area (Å²) < 4.78 is 30.0. The third-order valence-electron chi connectivity index (χ3n) is 4.60. The number of ether oxygens (including phenoxy) is 1. The molecule has 1 aliphatic heterocycles. The Morgan fingerprint density at radius 2 is 2.00 bits per heavy atom. The molecule has 1 atom stereocenters. The van der Waals surface area contributed by atoms with Gasteiger partial charge in [0, 0.05) is 24.2 Å². The number of hydrogen-bond donors (Lipinski definition) is 1. The molecular weight excluding hydrogens is 420 g/mol. The zero-order valence-electron chi connectivity index (χ0n) is 15.1. The zero-order valence-corrected chi connectivity index (χ0v) is 17.5. The smallest absolute Gasteiger partial charge is 0.224 e. The lowest BCUT2D eigenvalue weighted by atomic mass is 10.1. The minimum absolute atomic E-state index is 0.200. The standard InChI is InChI=1S/C18H19ClN4O3S2/c1-28(24,25)16(20)12-4-2-3-11(9-12)14-10-13-15(27-14)17(22-18(19)21-13)23-5-7-26-8-6-23/h2-4,9-10,16H,5-8,20H2,1H3. The number of halogens is 1. The van der Waals surface area contributed by atoms with E-state index in [1.54, 1.807) is 23.5 Å². The number of sulfone groups is 1. The highest BCUT2D eigenvalue weighted by molar-refractivity contribution is 7.90. The van der Waals surface area contributed by atoms with Crippen molar-refractivity contribution in [2.45, 2.75) is 5.37 Å². The summed E-state index contributed by atoms with van der Waals surface area (Å²) in [4.78, 5) is 11.9. The molecule has 0 radical (unpaired) electrons. The largest absolute Gasteiger partial charge is 0.378 e. The topological polar surface area (TPSA) is 98.4 Å². The van der Waals surface area contributed by atoms with E-state index >= 15 is 0 Å². The van der Waals surface area contributed by atoms with Crippen LogP contribution in [0.4, 0.5) is 5.82 Å². The van der Waals surface area contributed by atoms with Gasteiger partial charge in [-0.3, -0.25) is 0 Å². The fraction of sp³-hybridized carbons (Fsp3) is 0.333. The molecule has 4 rings (SSSR count). The predicted octanol–water partition coefficient (Wildman–Crippen LogP) is 2.85. The Hall–Kier alpha value is -1.78. The van der Waals surface area contributed by atoms with Crippen molar-refractivity contribution >= 4 is 48.8 Å². The van der Waals surface area contributed by atoms with Crippen LogP contribution in [-0.4, -0.2) is 50.9 Å². The van der Waals surface area contributed by atoms with Crippen LogP contribution in [0, 0.1) is 0 Å². The number of benzene rings is 1. The lowest BCUT2D eigenvalue weighted by molar-refractivity contribution is 0.122. The maximum absolute atomic E-state index is 11.8. The van der Waals surface area contributed by atoms with E-state index in [2.05, 4.69) is 14.9 Å². The highest BCUT2D eigenvalue weighted by Gasteiger charge is 2.21. The fourth-order valence-corrected chi connectivity index (χ4v) is 5.06. The molecule has 2 N–H and O–H groups in total. The van der Waals surface area contributed by atoms with Crippen LogP contribution in [0.2, 0.25) is 5.28 Å². The van der Waals surface area contributed by atoms with Crippen molar-refractivity contribution in [1.29, 1.82) is 0 Å². The van der Waals surface area contributed by atoms with E-state index in [9.17, 15) is 8.42 Å². The second-order valence-corrected chi connectivity index (χ2v) is 10.2. The summed E-state index contributed by atoms with van der Waals surface area (Å²) in [5.74, 6) is 0.804. The number of nitrogens with zero attached hydrogens (tertiary/aromatic N) is 3. The summed E-state index contributed by atoms with van der Waals surface area (Å²) in [5.41, 5.74) is 8.09. The number of thiophene rings is 1. The van der Waals surface area contributed by atoms with E-state index in [0.29, 0.717) is 18.8 Å². The molecule has 10 heteroatoms. The molecule has 2 aromatic heterocycles. The molecule has 0 bridgehead atoms. The van der Waals surface area contributed by atoms with Crippen molar-refractivity contribution in [3.8, 4) is 10.4 Å². The lowest BCUT2D eigenvalue weighted by Gasteiger charge is -2.28. The van der Waals surface area contributed by atoms with Crippen LogP contribution < -0.4 is 10.6 Å². The van der Waals surface area contributed by atoms with Crippen LogP contribution in [0.3, 0.4) is 0 Å². The fourth-order valence-electron chi connectivity index (χ4n) is 3.14. The number of fused-ring (bicyclic) bond motifs is 1. The number of morpholine rings is 1. The molecule has 0 amide bonds. The van der Waals surface area contributed by atoms with E-state index < -0.39 is 15.2 Å². The average molecular weight is 439 g/mol. The van der Waals surface area contributed by atoms with Gasteiger partial charge in [-0.05, 0) is 34.9 Å². The summed E-state index contributed by atoms with van der Waals surface area (Å²) in [6.07, 6.45) is 1.13. The van der Waals surface area contributed by atoms with E-state index in [-0.39, 0.29) is 5.28 Å². The summed E-state index contributed by atoms with van der Waals surface area (Å²) in [5, 5.41) is -0.855. The molecule has 0 saturated carbocycles. The van der Waals surface area contributed by atoms with Gasteiger partial charge in [0.05, 0.1) is 23.4 Å². The second kappa shape index (κ2) is 7.57. The van der Waals surface area contributed by atoms with E-state index in [0.717, 1.165) is 45.8 Å². The SMILES string of the molecule is CS(=O)(=O)C(N)c1cccc(-c2cc3nc(Cl)nc(N4CCOCC4)c3s2)c1. The highest BCUT2D eigenvalue weighted by atomic mass is 35.5. The monoisotopic (exact) mass is 438 g/mol. The van der Waals surface area contributed by atoms with Crippen molar-refractivity contribution in [2.75, 3.05) is 37.5 Å². The third kappa shape index (κ3) is 3.85. The molecule has 3 aromatic rings. The van der Waals surface area contributed by atoms with Gasteiger partial charge in [-0.25, -0.2) is 13.4 Å². The van der Waals surface area contributed by atoms with E-state index in [4.69, 9.17) is 22.1 Å². The van der Waals surface area contributed by atoms with Crippen LogP contribution in [0.5, 0.6) is 0 Å². The van der Waals surface area contributed by atoms with Gasteiger partial charge in [0.2, 0.25) is 5.28 Å². The summed E-state index contributed by atoms with van der Waals surface area (Å²) in [7, 11) is -3.38. The number of hydrogen-bond acceptors (Lipinski definition) is 8. The summed E-state index contributed by atoms with van der Waals surface area (Å²) in [6, 6.07) is 9.20. The first kappa shape index (κ1) is 19.5. The van der Waals surface area contributed by atoms with Crippen LogP contribution >= 0.6 is 22.9 Å². The summed E-state index contributed by atoms with van der Waals surface area (Å²) >= 11 is 7.71. The maximum atomic E-state index is 11.8. The number of aromatic nitrogens is 2.